The molecular formula is C19H18N4S. The molecule has 0 N–H and O–H groups in total. The van der Waals surface area contributed by atoms with Crippen molar-refractivity contribution in [2.24, 2.45) is 0 Å². The fourth-order valence-electron chi connectivity index (χ4n) is 2.82. The molecule has 0 atom stereocenters. The molecule has 1 aromatic carbocycles. The molecule has 0 saturated carbocycles. The summed E-state index contributed by atoms with van der Waals surface area (Å²) in [5, 5.41) is 8.78. The summed E-state index contributed by atoms with van der Waals surface area (Å²) in [6.07, 6.45) is 4.62. The number of benzene rings is 1. The van der Waals surface area contributed by atoms with E-state index in [0.717, 1.165) is 23.3 Å². The Hall–Kier alpha value is -2.66. The molecule has 0 amide bonds. The van der Waals surface area contributed by atoms with Crippen LogP contribution in [0.25, 0.3) is 16.9 Å². The predicted octanol–water partition coefficient (Wildman–Crippen LogP) is 4.11. The molecule has 4 nitrogen and oxygen atoms in total. The van der Waals surface area contributed by atoms with Gasteiger partial charge in [0.25, 0.3) is 0 Å². The van der Waals surface area contributed by atoms with Gasteiger partial charge in [0.05, 0.1) is 11.9 Å². The lowest BCUT2D eigenvalue weighted by molar-refractivity contribution is 0.948. The SMILES string of the molecule is CN(C)c1ccc(Cc2cnn3c(-c4ccsc4)ccnc23)cc1. The van der Waals surface area contributed by atoms with Crippen LogP contribution in [0.1, 0.15) is 11.1 Å². The Balaban J connectivity index is 1.69. The Morgan fingerprint density at radius 1 is 1.08 bits per heavy atom. The normalized spacial score (nSPS) is 11.1. The van der Waals surface area contributed by atoms with E-state index in [-0.39, 0.29) is 0 Å². The molecule has 0 saturated heterocycles. The highest BCUT2D eigenvalue weighted by Gasteiger charge is 2.11. The average Bonchev–Trinajstić information content (AvgIpc) is 3.25. The summed E-state index contributed by atoms with van der Waals surface area (Å²) in [6, 6.07) is 12.7. The Bertz CT molecular complexity index is 953. The number of aromatic nitrogens is 3. The molecule has 0 bridgehead atoms. The molecule has 120 valence electrons. The second kappa shape index (κ2) is 6.09. The maximum Gasteiger partial charge on any atom is 0.159 e. The van der Waals surface area contributed by atoms with Gasteiger partial charge in [-0.2, -0.15) is 16.4 Å². The van der Waals surface area contributed by atoms with Crippen molar-refractivity contribution in [3.63, 3.8) is 0 Å². The lowest BCUT2D eigenvalue weighted by Gasteiger charge is -2.12. The Labute approximate surface area is 145 Å². The molecule has 3 heterocycles. The quantitative estimate of drug-likeness (QED) is 0.563. The average molecular weight is 334 g/mol. The highest BCUT2D eigenvalue weighted by molar-refractivity contribution is 7.08. The highest BCUT2D eigenvalue weighted by Crippen LogP contribution is 2.24. The molecule has 0 aliphatic rings. The van der Waals surface area contributed by atoms with Gasteiger partial charge in [0.1, 0.15) is 0 Å². The summed E-state index contributed by atoms with van der Waals surface area (Å²) in [5.74, 6) is 0. The van der Waals surface area contributed by atoms with Gasteiger partial charge in [-0.3, -0.25) is 0 Å². The van der Waals surface area contributed by atoms with Crippen LogP contribution in [0, 0.1) is 0 Å². The maximum atomic E-state index is 4.57. The summed E-state index contributed by atoms with van der Waals surface area (Å²) >= 11 is 1.69. The van der Waals surface area contributed by atoms with Gasteiger partial charge in [-0.15, -0.1) is 0 Å². The van der Waals surface area contributed by atoms with E-state index in [1.54, 1.807) is 11.3 Å². The Morgan fingerprint density at radius 3 is 2.62 bits per heavy atom. The van der Waals surface area contributed by atoms with Crippen LogP contribution in [-0.4, -0.2) is 28.7 Å². The van der Waals surface area contributed by atoms with Gasteiger partial charge in [-0.25, -0.2) is 9.50 Å². The fraction of sp³-hybridized carbons (Fsp3) is 0.158. The molecular weight excluding hydrogens is 316 g/mol. The topological polar surface area (TPSA) is 33.4 Å². The third-order valence-corrected chi connectivity index (χ3v) is 4.82. The smallest absolute Gasteiger partial charge is 0.159 e. The van der Waals surface area contributed by atoms with Gasteiger partial charge in [-0.05, 0) is 35.2 Å². The van der Waals surface area contributed by atoms with Gasteiger partial charge in [0.2, 0.25) is 0 Å². The summed E-state index contributed by atoms with van der Waals surface area (Å²) in [7, 11) is 4.10. The van der Waals surface area contributed by atoms with Crippen LogP contribution < -0.4 is 4.90 Å². The van der Waals surface area contributed by atoms with E-state index in [2.05, 4.69) is 70.2 Å². The van der Waals surface area contributed by atoms with Crippen molar-refractivity contribution in [2.45, 2.75) is 6.42 Å². The van der Waals surface area contributed by atoms with Gasteiger partial charge in [0, 0.05) is 48.9 Å². The molecule has 0 unspecified atom stereocenters. The zero-order valence-electron chi connectivity index (χ0n) is 13.7. The Morgan fingerprint density at radius 2 is 1.92 bits per heavy atom. The number of hydrogen-bond acceptors (Lipinski definition) is 4. The number of thiophene rings is 1. The standard InChI is InChI=1S/C19H18N4S/c1-22(2)17-5-3-14(4-6-17)11-16-12-21-23-18(7-9-20-19(16)23)15-8-10-24-13-15/h3-10,12-13H,11H2,1-2H3. The molecule has 5 heteroatoms. The summed E-state index contributed by atoms with van der Waals surface area (Å²) in [6.45, 7) is 0. The van der Waals surface area contributed by atoms with Crippen molar-refractivity contribution in [2.75, 3.05) is 19.0 Å². The molecule has 4 aromatic rings. The van der Waals surface area contributed by atoms with E-state index in [4.69, 9.17) is 0 Å². The number of fused-ring (bicyclic) bond motifs is 1. The molecule has 3 aromatic heterocycles. The van der Waals surface area contributed by atoms with E-state index in [0.29, 0.717) is 0 Å². The van der Waals surface area contributed by atoms with E-state index in [1.165, 1.54) is 16.8 Å². The number of nitrogens with zero attached hydrogens (tertiary/aromatic N) is 4. The first-order valence-electron chi connectivity index (χ1n) is 7.83. The van der Waals surface area contributed by atoms with Gasteiger partial charge < -0.3 is 4.90 Å². The van der Waals surface area contributed by atoms with E-state index in [1.807, 2.05) is 23.0 Å². The van der Waals surface area contributed by atoms with E-state index < -0.39 is 0 Å². The van der Waals surface area contributed by atoms with Crippen molar-refractivity contribution in [3.05, 3.63) is 70.7 Å². The lowest BCUT2D eigenvalue weighted by atomic mass is 10.1. The van der Waals surface area contributed by atoms with Gasteiger partial charge in [-0.1, -0.05) is 12.1 Å². The van der Waals surface area contributed by atoms with E-state index in [9.17, 15) is 0 Å². The molecule has 0 fully saturated rings. The first-order valence-corrected chi connectivity index (χ1v) is 8.77. The van der Waals surface area contributed by atoms with Crippen molar-refractivity contribution < 1.29 is 0 Å². The van der Waals surface area contributed by atoms with Crippen LogP contribution in [0.4, 0.5) is 5.69 Å². The van der Waals surface area contributed by atoms with Crippen LogP contribution >= 0.6 is 11.3 Å². The zero-order valence-corrected chi connectivity index (χ0v) is 14.5. The summed E-state index contributed by atoms with van der Waals surface area (Å²) < 4.78 is 1.94. The minimum absolute atomic E-state index is 0.831. The minimum atomic E-state index is 0.831. The molecule has 4 rings (SSSR count). The third-order valence-electron chi connectivity index (χ3n) is 4.14. The molecule has 0 aliphatic heterocycles. The van der Waals surface area contributed by atoms with Crippen LogP contribution in [-0.2, 0) is 6.42 Å². The van der Waals surface area contributed by atoms with Crippen LogP contribution in [0.5, 0.6) is 0 Å². The first kappa shape index (κ1) is 14.9. The largest absolute Gasteiger partial charge is 0.378 e. The second-order valence-electron chi connectivity index (χ2n) is 5.98. The maximum absolute atomic E-state index is 4.57. The van der Waals surface area contributed by atoms with Crippen molar-refractivity contribution in [1.82, 2.24) is 14.6 Å². The second-order valence-corrected chi connectivity index (χ2v) is 6.77. The number of rotatable bonds is 4. The van der Waals surface area contributed by atoms with Gasteiger partial charge >= 0.3 is 0 Å². The predicted molar refractivity (Wildman–Crippen MR) is 99.9 cm³/mol. The van der Waals surface area contributed by atoms with E-state index >= 15 is 0 Å². The summed E-state index contributed by atoms with van der Waals surface area (Å²) in [4.78, 5) is 6.65. The van der Waals surface area contributed by atoms with Crippen molar-refractivity contribution >= 4 is 22.7 Å². The van der Waals surface area contributed by atoms with Gasteiger partial charge in [0.15, 0.2) is 5.65 Å². The van der Waals surface area contributed by atoms with Crippen LogP contribution in [0.15, 0.2) is 59.6 Å². The van der Waals surface area contributed by atoms with Crippen molar-refractivity contribution in [1.29, 1.82) is 0 Å². The third kappa shape index (κ3) is 2.67. The fourth-order valence-corrected chi connectivity index (χ4v) is 3.47. The Kier molecular flexibility index (Phi) is 3.78. The lowest BCUT2D eigenvalue weighted by Crippen LogP contribution is -2.08. The molecule has 0 aliphatic carbocycles. The minimum Gasteiger partial charge on any atom is -0.378 e. The first-order chi connectivity index (χ1) is 11.7. The number of anilines is 1. The van der Waals surface area contributed by atoms with Crippen LogP contribution in [0.3, 0.4) is 0 Å². The molecule has 0 radical (unpaired) electrons. The number of hydrogen-bond donors (Lipinski definition) is 0. The summed E-state index contributed by atoms with van der Waals surface area (Å²) in [5.41, 5.74) is 6.79. The monoisotopic (exact) mass is 334 g/mol. The highest BCUT2D eigenvalue weighted by atomic mass is 32.1. The zero-order chi connectivity index (χ0) is 16.5. The van der Waals surface area contributed by atoms with Crippen molar-refractivity contribution in [3.8, 4) is 11.3 Å². The van der Waals surface area contributed by atoms with Crippen LogP contribution in [0.2, 0.25) is 0 Å². The molecule has 0 spiro atoms. The molecule has 24 heavy (non-hydrogen) atoms.